The van der Waals surface area contributed by atoms with Crippen molar-refractivity contribution in [1.82, 2.24) is 23.9 Å². The molecule has 1 aromatic carbocycles. The first-order chi connectivity index (χ1) is 17.4. The quantitative estimate of drug-likeness (QED) is 0.242. The molecule has 1 aliphatic carbocycles. The Hall–Kier alpha value is -2.62. The van der Waals surface area contributed by atoms with Gasteiger partial charge in [-0.15, -0.1) is 0 Å². The Kier molecular flexibility index (Phi) is 5.64. The van der Waals surface area contributed by atoms with E-state index in [9.17, 15) is 4.79 Å². The molecule has 196 valence electrons. The van der Waals surface area contributed by atoms with Gasteiger partial charge in [-0.2, -0.15) is 10.1 Å². The fraction of sp³-hybridized carbons (Fsp3) is 0.519. The highest BCUT2D eigenvalue weighted by Crippen LogP contribution is 2.57. The van der Waals surface area contributed by atoms with Crippen molar-refractivity contribution in [3.05, 3.63) is 39.9 Å². The summed E-state index contributed by atoms with van der Waals surface area (Å²) in [6.45, 7) is 12.3. The van der Waals surface area contributed by atoms with Gasteiger partial charge in [-0.3, -0.25) is 14.0 Å². The van der Waals surface area contributed by atoms with Crippen LogP contribution in [0.3, 0.4) is 0 Å². The second kappa shape index (κ2) is 8.44. The monoisotopic (exact) mass is 538 g/mol. The summed E-state index contributed by atoms with van der Waals surface area (Å²) in [6.07, 6.45) is 5.15. The highest BCUT2D eigenvalue weighted by Gasteiger charge is 2.56. The zero-order chi connectivity index (χ0) is 26.3. The molecule has 4 aromatic rings. The second-order valence-electron chi connectivity index (χ2n) is 12.4. The molecule has 2 unspecified atom stereocenters. The second-order valence-corrected chi connectivity index (χ2v) is 18.4. The van der Waals surface area contributed by atoms with Gasteiger partial charge in [-0.1, -0.05) is 44.2 Å². The molecule has 0 spiro atoms. The number of aryl methyl sites for hydroxylation is 1. The number of aromatic nitrogens is 5. The third-order valence-corrected chi connectivity index (χ3v) is 10.3. The lowest BCUT2D eigenvalue weighted by Crippen LogP contribution is -2.32. The van der Waals surface area contributed by atoms with E-state index in [-0.39, 0.29) is 5.56 Å². The summed E-state index contributed by atoms with van der Waals surface area (Å²) in [4.78, 5) is 21.3. The van der Waals surface area contributed by atoms with Gasteiger partial charge in [0.1, 0.15) is 6.73 Å². The van der Waals surface area contributed by atoms with Crippen molar-refractivity contribution in [2.24, 2.45) is 25.4 Å². The number of piperidine rings is 1. The van der Waals surface area contributed by atoms with Crippen molar-refractivity contribution in [1.29, 1.82) is 0 Å². The first kappa shape index (κ1) is 24.7. The number of anilines is 1. The van der Waals surface area contributed by atoms with Gasteiger partial charge in [-0.25, -0.2) is 0 Å². The maximum atomic E-state index is 13.9. The summed E-state index contributed by atoms with van der Waals surface area (Å²) in [5.74, 6) is 1.42. The largest absolute Gasteiger partial charge is 0.361 e. The van der Waals surface area contributed by atoms with Crippen molar-refractivity contribution in [2.45, 2.75) is 45.8 Å². The minimum absolute atomic E-state index is 0.0658. The molecule has 0 radical (unpaired) electrons. The average Bonchev–Trinajstić information content (AvgIpc) is 3.13. The van der Waals surface area contributed by atoms with E-state index in [1.54, 1.807) is 9.25 Å². The van der Waals surface area contributed by atoms with Crippen molar-refractivity contribution in [3.63, 3.8) is 0 Å². The molecular weight excluding hydrogens is 504 g/mol. The van der Waals surface area contributed by atoms with E-state index in [2.05, 4.69) is 36.6 Å². The first-order valence-corrected chi connectivity index (χ1v) is 17.1. The van der Waals surface area contributed by atoms with E-state index in [0.29, 0.717) is 40.7 Å². The number of nitrogens with zero attached hydrogens (tertiary/aromatic N) is 6. The lowest BCUT2D eigenvalue weighted by Gasteiger charge is -2.23. The van der Waals surface area contributed by atoms with Crippen LogP contribution < -0.4 is 10.5 Å². The lowest BCUT2D eigenvalue weighted by atomic mass is 10.0. The van der Waals surface area contributed by atoms with Crippen LogP contribution in [0.5, 0.6) is 0 Å². The Bertz CT molecular complexity index is 1600. The minimum Gasteiger partial charge on any atom is -0.361 e. The van der Waals surface area contributed by atoms with E-state index >= 15 is 0 Å². The predicted molar refractivity (Wildman–Crippen MR) is 152 cm³/mol. The molecule has 4 heterocycles. The predicted octanol–water partition coefficient (Wildman–Crippen LogP) is 5.10. The summed E-state index contributed by atoms with van der Waals surface area (Å²) in [5.41, 5.74) is 3.33. The highest BCUT2D eigenvalue weighted by atomic mass is 35.5. The first-order valence-electron chi connectivity index (χ1n) is 13.0. The summed E-state index contributed by atoms with van der Waals surface area (Å²) >= 11 is 6.91. The van der Waals surface area contributed by atoms with Crippen molar-refractivity contribution >= 4 is 47.6 Å². The van der Waals surface area contributed by atoms with Gasteiger partial charge in [0.05, 0.1) is 15.9 Å². The van der Waals surface area contributed by atoms with E-state index in [1.807, 2.05) is 43.2 Å². The summed E-state index contributed by atoms with van der Waals surface area (Å²) < 4.78 is 11.6. The number of hydrogen-bond acceptors (Lipinski definition) is 5. The smallest absolute Gasteiger partial charge is 0.264 e. The molecule has 2 atom stereocenters. The fourth-order valence-electron chi connectivity index (χ4n) is 5.72. The maximum absolute atomic E-state index is 13.9. The molecule has 0 N–H and O–H groups in total. The van der Waals surface area contributed by atoms with Crippen LogP contribution in [-0.4, -0.2) is 51.7 Å². The number of halogens is 1. The molecule has 37 heavy (non-hydrogen) atoms. The van der Waals surface area contributed by atoms with Crippen molar-refractivity contribution < 1.29 is 4.74 Å². The standard InChI is InChI=1S/C27H35ClN6O2Si/c1-27-11-17(27)12-33(15-27)26-29-24-22(25(35)32(26)3)19(14-34(24)16-36-9-10-37(4,5)6)18-7-8-21-20(23(18)28)13-31(2)30-21/h7-8,13-14,17H,9-12,15-16H2,1-6H3. The Morgan fingerprint density at radius 3 is 2.68 bits per heavy atom. The zero-order valence-corrected chi connectivity index (χ0v) is 24.3. The zero-order valence-electron chi connectivity index (χ0n) is 22.5. The molecule has 2 aliphatic rings. The minimum atomic E-state index is -1.22. The third kappa shape index (κ3) is 4.21. The molecule has 1 saturated carbocycles. The number of rotatable bonds is 7. The van der Waals surface area contributed by atoms with Gasteiger partial charge in [0, 0.05) is 70.8 Å². The number of hydrogen-bond donors (Lipinski definition) is 0. The van der Waals surface area contributed by atoms with Gasteiger partial charge < -0.3 is 14.2 Å². The SMILES string of the molecule is Cn1cc2c(Cl)c(-c3cn(COCC[Si](C)(C)C)c4nc(N5CC6CC6(C)C5)n(C)c(=O)c34)ccc2n1. The normalized spacial score (nSPS) is 21.4. The number of fused-ring (bicyclic) bond motifs is 3. The topological polar surface area (TPSA) is 70.1 Å². The molecule has 8 nitrogen and oxygen atoms in total. The van der Waals surface area contributed by atoms with Gasteiger partial charge >= 0.3 is 0 Å². The van der Waals surface area contributed by atoms with Gasteiger partial charge in [0.2, 0.25) is 5.95 Å². The van der Waals surface area contributed by atoms with Crippen molar-refractivity contribution in [2.75, 3.05) is 24.6 Å². The van der Waals surface area contributed by atoms with Crippen LogP contribution in [0.25, 0.3) is 33.1 Å². The lowest BCUT2D eigenvalue weighted by molar-refractivity contribution is 0.0899. The van der Waals surface area contributed by atoms with Crippen LogP contribution in [0.4, 0.5) is 5.95 Å². The van der Waals surface area contributed by atoms with Crippen LogP contribution in [0.15, 0.2) is 29.3 Å². The molecule has 3 aromatic heterocycles. The Morgan fingerprint density at radius 2 is 1.97 bits per heavy atom. The molecule has 2 fully saturated rings. The molecule has 6 rings (SSSR count). The average molecular weight is 539 g/mol. The van der Waals surface area contributed by atoms with E-state index in [4.69, 9.17) is 21.3 Å². The van der Waals surface area contributed by atoms with Gasteiger partial charge in [0.15, 0.2) is 5.65 Å². The van der Waals surface area contributed by atoms with Crippen LogP contribution in [-0.2, 0) is 25.6 Å². The Labute approximate surface area is 222 Å². The molecule has 0 amide bonds. The van der Waals surface area contributed by atoms with Crippen LogP contribution in [0.2, 0.25) is 30.7 Å². The number of benzene rings is 1. The number of ether oxygens (including phenoxy) is 1. The summed E-state index contributed by atoms with van der Waals surface area (Å²) in [6, 6.07) is 4.98. The highest BCUT2D eigenvalue weighted by molar-refractivity contribution is 6.76. The molecule has 1 aliphatic heterocycles. The van der Waals surface area contributed by atoms with Crippen LogP contribution in [0.1, 0.15) is 13.3 Å². The van der Waals surface area contributed by atoms with Crippen LogP contribution in [0, 0.1) is 11.3 Å². The summed E-state index contributed by atoms with van der Waals surface area (Å²) in [7, 11) is 2.49. The van der Waals surface area contributed by atoms with Gasteiger partial charge in [0.25, 0.3) is 5.56 Å². The third-order valence-electron chi connectivity index (χ3n) is 8.14. The van der Waals surface area contributed by atoms with E-state index in [1.165, 1.54) is 6.42 Å². The summed E-state index contributed by atoms with van der Waals surface area (Å²) in [5, 5.41) is 6.49. The Balaban J connectivity index is 1.48. The fourth-order valence-corrected chi connectivity index (χ4v) is 6.79. The van der Waals surface area contributed by atoms with E-state index in [0.717, 1.165) is 47.1 Å². The molecule has 0 bridgehead atoms. The molecular formula is C27H35ClN6O2Si. The Morgan fingerprint density at radius 1 is 1.19 bits per heavy atom. The van der Waals surface area contributed by atoms with Crippen LogP contribution >= 0.6 is 11.6 Å². The van der Waals surface area contributed by atoms with Gasteiger partial charge in [-0.05, 0) is 29.9 Å². The molecule has 1 saturated heterocycles. The van der Waals surface area contributed by atoms with Crippen molar-refractivity contribution in [3.8, 4) is 11.1 Å². The van der Waals surface area contributed by atoms with E-state index < -0.39 is 8.07 Å². The molecule has 10 heteroatoms. The maximum Gasteiger partial charge on any atom is 0.264 e.